The van der Waals surface area contributed by atoms with Crippen molar-refractivity contribution < 1.29 is 30.7 Å². The van der Waals surface area contributed by atoms with E-state index in [-0.39, 0.29) is 29.4 Å². The summed E-state index contributed by atoms with van der Waals surface area (Å²) in [6, 6.07) is 4.23. The SMILES string of the molecule is CCCCCC(F)=C(F)c1cc(F)c(C2CCC(C3CCC(CCC4CCC(c5cc(F)c(F)c(F)c5)CC4)CC3)CC2)c(F)c1. The highest BCUT2D eigenvalue weighted by Crippen LogP contribution is 2.46. The molecule has 0 N–H and O–H groups in total. The molecule has 3 aliphatic rings. The van der Waals surface area contributed by atoms with E-state index in [4.69, 9.17) is 0 Å². The number of rotatable bonds is 11. The highest BCUT2D eigenvalue weighted by atomic mass is 19.2. The van der Waals surface area contributed by atoms with Crippen molar-refractivity contribution in [2.45, 2.75) is 134 Å². The van der Waals surface area contributed by atoms with Crippen LogP contribution < -0.4 is 0 Å². The Morgan fingerprint density at radius 3 is 1.59 bits per heavy atom. The summed E-state index contributed by atoms with van der Waals surface area (Å²) in [4.78, 5) is 0. The summed E-state index contributed by atoms with van der Waals surface area (Å²) >= 11 is 0. The molecule has 0 aliphatic heterocycles. The summed E-state index contributed by atoms with van der Waals surface area (Å²) in [6.07, 6.45) is 16.4. The van der Waals surface area contributed by atoms with Gasteiger partial charge in [0.05, 0.1) is 0 Å². The Morgan fingerprint density at radius 2 is 1.07 bits per heavy atom. The van der Waals surface area contributed by atoms with Crippen LogP contribution in [-0.4, -0.2) is 0 Å². The number of hydrogen-bond donors (Lipinski definition) is 0. The van der Waals surface area contributed by atoms with Crippen LogP contribution in [0, 0.1) is 52.8 Å². The van der Waals surface area contributed by atoms with E-state index in [1.165, 1.54) is 38.5 Å². The minimum atomic E-state index is -1.40. The molecule has 5 rings (SSSR count). The first kappa shape index (κ1) is 35.0. The summed E-state index contributed by atoms with van der Waals surface area (Å²) in [7, 11) is 0. The maximum absolute atomic E-state index is 15.1. The Morgan fingerprint density at radius 1 is 0.587 bits per heavy atom. The Bertz CT molecular complexity index is 1280. The van der Waals surface area contributed by atoms with Crippen molar-refractivity contribution in [3.63, 3.8) is 0 Å². The smallest absolute Gasteiger partial charge is 0.194 e. The van der Waals surface area contributed by atoms with Gasteiger partial charge in [0.1, 0.15) is 17.5 Å². The molecule has 3 fully saturated rings. The van der Waals surface area contributed by atoms with E-state index < -0.39 is 40.7 Å². The van der Waals surface area contributed by atoms with Crippen LogP contribution in [0.2, 0.25) is 0 Å². The molecule has 0 amide bonds. The molecule has 7 heteroatoms. The maximum atomic E-state index is 15.1. The van der Waals surface area contributed by atoms with Crippen molar-refractivity contribution in [3.05, 3.63) is 75.9 Å². The van der Waals surface area contributed by atoms with Crippen molar-refractivity contribution in [2.24, 2.45) is 23.7 Å². The second kappa shape index (κ2) is 16.2. The Kier molecular flexibility index (Phi) is 12.3. The summed E-state index contributed by atoms with van der Waals surface area (Å²) in [5.41, 5.74) is 0.240. The monoisotopic (exact) mass is 650 g/mol. The van der Waals surface area contributed by atoms with E-state index in [1.54, 1.807) is 0 Å². The molecule has 2 aromatic carbocycles. The average Bonchev–Trinajstić information content (AvgIpc) is 3.06. The summed E-state index contributed by atoms with van der Waals surface area (Å²) < 4.78 is 99.7. The van der Waals surface area contributed by atoms with Crippen molar-refractivity contribution in [1.29, 1.82) is 0 Å². The van der Waals surface area contributed by atoms with E-state index in [2.05, 4.69) is 0 Å². The van der Waals surface area contributed by atoms with Gasteiger partial charge in [-0.25, -0.2) is 30.7 Å². The van der Waals surface area contributed by atoms with Crippen LogP contribution in [0.4, 0.5) is 30.7 Å². The molecule has 46 heavy (non-hydrogen) atoms. The lowest BCUT2D eigenvalue weighted by molar-refractivity contribution is 0.150. The molecule has 0 heterocycles. The first-order chi connectivity index (χ1) is 22.1. The highest BCUT2D eigenvalue weighted by molar-refractivity contribution is 5.61. The number of hydrogen-bond acceptors (Lipinski definition) is 0. The fraction of sp³-hybridized carbons (Fsp3) is 0.641. The van der Waals surface area contributed by atoms with Gasteiger partial charge in [0.25, 0.3) is 0 Å². The van der Waals surface area contributed by atoms with Gasteiger partial charge in [0.15, 0.2) is 23.3 Å². The van der Waals surface area contributed by atoms with E-state index >= 15 is 8.78 Å². The normalized spacial score (nSPS) is 27.8. The van der Waals surface area contributed by atoms with Crippen LogP contribution in [0.3, 0.4) is 0 Å². The molecule has 3 aliphatic carbocycles. The largest absolute Gasteiger partial charge is 0.209 e. The summed E-state index contributed by atoms with van der Waals surface area (Å²) in [5.74, 6) is -4.85. The Labute approximate surface area is 270 Å². The van der Waals surface area contributed by atoms with Crippen molar-refractivity contribution in [1.82, 2.24) is 0 Å². The van der Waals surface area contributed by atoms with E-state index in [1.807, 2.05) is 6.92 Å². The third-order valence-corrected chi connectivity index (χ3v) is 11.6. The highest BCUT2D eigenvalue weighted by Gasteiger charge is 2.34. The van der Waals surface area contributed by atoms with E-state index in [0.717, 1.165) is 81.5 Å². The lowest BCUT2D eigenvalue weighted by atomic mass is 9.67. The first-order valence-corrected chi connectivity index (χ1v) is 17.8. The third kappa shape index (κ3) is 8.58. The van der Waals surface area contributed by atoms with Crippen LogP contribution in [0.25, 0.3) is 5.83 Å². The minimum Gasteiger partial charge on any atom is -0.209 e. The van der Waals surface area contributed by atoms with Gasteiger partial charge in [-0.05, 0) is 136 Å². The molecule has 0 nitrogen and oxygen atoms in total. The zero-order valence-electron chi connectivity index (χ0n) is 27.1. The summed E-state index contributed by atoms with van der Waals surface area (Å²) in [6.45, 7) is 1.97. The molecule has 254 valence electrons. The van der Waals surface area contributed by atoms with Gasteiger partial charge < -0.3 is 0 Å². The fourth-order valence-corrected chi connectivity index (χ4v) is 8.79. The molecule has 0 bridgehead atoms. The Balaban J connectivity index is 1.03. The van der Waals surface area contributed by atoms with E-state index in [9.17, 15) is 22.0 Å². The lowest BCUT2D eigenvalue weighted by Gasteiger charge is -2.38. The van der Waals surface area contributed by atoms with Crippen LogP contribution in [0.5, 0.6) is 0 Å². The van der Waals surface area contributed by atoms with Gasteiger partial charge in [-0.1, -0.05) is 45.4 Å². The second-order valence-corrected chi connectivity index (χ2v) is 14.5. The zero-order valence-corrected chi connectivity index (χ0v) is 27.1. The second-order valence-electron chi connectivity index (χ2n) is 14.5. The zero-order chi connectivity index (χ0) is 32.8. The van der Waals surface area contributed by atoms with Crippen LogP contribution in [0.15, 0.2) is 30.1 Å². The van der Waals surface area contributed by atoms with Crippen LogP contribution in [0.1, 0.15) is 151 Å². The number of unbranched alkanes of at least 4 members (excludes halogenated alkanes) is 2. The molecule has 0 spiro atoms. The Hall–Kier alpha value is -2.31. The molecule has 0 unspecified atom stereocenters. The number of allylic oxidation sites excluding steroid dienone is 1. The minimum absolute atomic E-state index is 0.0242. The van der Waals surface area contributed by atoms with Gasteiger partial charge in [-0.3, -0.25) is 0 Å². The predicted molar refractivity (Wildman–Crippen MR) is 170 cm³/mol. The van der Waals surface area contributed by atoms with Gasteiger partial charge in [0, 0.05) is 17.5 Å². The first-order valence-electron chi connectivity index (χ1n) is 17.8. The molecule has 0 radical (unpaired) electrons. The molecule has 0 saturated heterocycles. The van der Waals surface area contributed by atoms with Crippen LogP contribution >= 0.6 is 0 Å². The van der Waals surface area contributed by atoms with E-state index in [0.29, 0.717) is 42.6 Å². The fourth-order valence-electron chi connectivity index (χ4n) is 8.79. The van der Waals surface area contributed by atoms with Gasteiger partial charge >= 0.3 is 0 Å². The van der Waals surface area contributed by atoms with Gasteiger partial charge in [0.2, 0.25) is 0 Å². The maximum Gasteiger partial charge on any atom is 0.194 e. The van der Waals surface area contributed by atoms with Crippen molar-refractivity contribution in [3.8, 4) is 0 Å². The molecule has 2 aromatic rings. The van der Waals surface area contributed by atoms with Gasteiger partial charge in [-0.2, -0.15) is 0 Å². The predicted octanol–water partition coefficient (Wildman–Crippen LogP) is 13.4. The number of benzene rings is 2. The number of halogens is 7. The topological polar surface area (TPSA) is 0 Å². The average molecular weight is 651 g/mol. The quantitative estimate of drug-likeness (QED) is 0.129. The van der Waals surface area contributed by atoms with Crippen molar-refractivity contribution >= 4 is 5.83 Å². The third-order valence-electron chi connectivity index (χ3n) is 11.6. The standard InChI is InChI=1S/C39H49F7/c1-2-3-4-5-32(40)38(45)31-22-33(41)37(34(42)23-31)29-18-16-27(17-19-29)26-12-8-24(9-13-26)6-7-25-10-14-28(15-11-25)30-20-35(43)39(46)36(44)21-30/h20-29H,2-19H2,1H3. The van der Waals surface area contributed by atoms with Crippen molar-refractivity contribution in [2.75, 3.05) is 0 Å². The molecule has 3 saturated carbocycles. The molecule has 0 atom stereocenters. The summed E-state index contributed by atoms with van der Waals surface area (Å²) in [5, 5.41) is 0. The lowest BCUT2D eigenvalue weighted by Crippen LogP contribution is -2.26. The van der Waals surface area contributed by atoms with Crippen LogP contribution in [-0.2, 0) is 0 Å². The molecule has 0 aromatic heterocycles. The molecular weight excluding hydrogens is 601 g/mol. The molecular formula is C39H49F7. The van der Waals surface area contributed by atoms with Gasteiger partial charge in [-0.15, -0.1) is 0 Å².